The number of nitrogens with one attached hydrogen (secondary N) is 1. The zero-order valence-corrected chi connectivity index (χ0v) is 15.6. The summed E-state index contributed by atoms with van der Waals surface area (Å²) in [6.45, 7) is 5.82. The van der Waals surface area contributed by atoms with Gasteiger partial charge in [0.05, 0.1) is 12.2 Å². The van der Waals surface area contributed by atoms with Gasteiger partial charge < -0.3 is 10.1 Å². The van der Waals surface area contributed by atoms with Crippen LogP contribution in [0.1, 0.15) is 33.3 Å². The van der Waals surface area contributed by atoms with Crippen LogP contribution in [-0.2, 0) is 25.3 Å². The lowest BCUT2D eigenvalue weighted by molar-refractivity contribution is -0.143. The number of nitrogens with zero attached hydrogens (tertiary/aromatic N) is 1. The van der Waals surface area contributed by atoms with Crippen molar-refractivity contribution in [1.82, 2.24) is 5.32 Å². The molecule has 0 aromatic heterocycles. The standard InChI is InChI=1S/C18H23F3N2O4/c1-5-27-15(25)10-22-17(26)16(11(2)3)23(12(4)24)14-8-6-7-13(9-14)18(19,20)21/h6-9,11,16H,5,10H2,1-4H3,(H,22,26)/t16-/m0/s1. The molecule has 0 bridgehead atoms. The molecular weight excluding hydrogens is 365 g/mol. The first-order valence-electron chi connectivity index (χ1n) is 8.39. The van der Waals surface area contributed by atoms with Crippen LogP contribution in [-0.4, -0.2) is 37.0 Å². The van der Waals surface area contributed by atoms with Crippen LogP contribution in [0.15, 0.2) is 24.3 Å². The molecule has 0 saturated carbocycles. The van der Waals surface area contributed by atoms with E-state index in [0.29, 0.717) is 0 Å². The van der Waals surface area contributed by atoms with E-state index in [-0.39, 0.29) is 12.3 Å². The first kappa shape index (κ1) is 22.5. The quantitative estimate of drug-likeness (QED) is 0.729. The second-order valence-electron chi connectivity index (χ2n) is 6.15. The van der Waals surface area contributed by atoms with Crippen molar-refractivity contribution in [1.29, 1.82) is 0 Å². The molecule has 9 heteroatoms. The minimum atomic E-state index is -4.59. The van der Waals surface area contributed by atoms with Crippen LogP contribution < -0.4 is 10.2 Å². The van der Waals surface area contributed by atoms with Crippen molar-refractivity contribution in [3.63, 3.8) is 0 Å². The van der Waals surface area contributed by atoms with Crippen LogP contribution in [0, 0.1) is 5.92 Å². The highest BCUT2D eigenvalue weighted by atomic mass is 19.4. The van der Waals surface area contributed by atoms with E-state index in [2.05, 4.69) is 5.32 Å². The second-order valence-corrected chi connectivity index (χ2v) is 6.15. The zero-order chi connectivity index (χ0) is 20.8. The molecule has 27 heavy (non-hydrogen) atoms. The van der Waals surface area contributed by atoms with Gasteiger partial charge in [0.25, 0.3) is 0 Å². The summed E-state index contributed by atoms with van der Waals surface area (Å²) in [6, 6.07) is 3.09. The Labute approximate surface area is 155 Å². The van der Waals surface area contributed by atoms with Crippen molar-refractivity contribution < 1.29 is 32.3 Å². The van der Waals surface area contributed by atoms with Crippen molar-refractivity contribution >= 4 is 23.5 Å². The van der Waals surface area contributed by atoms with Gasteiger partial charge in [-0.1, -0.05) is 19.9 Å². The maximum Gasteiger partial charge on any atom is 0.416 e. The Bertz CT molecular complexity index is 689. The van der Waals surface area contributed by atoms with E-state index >= 15 is 0 Å². The average Bonchev–Trinajstić information content (AvgIpc) is 2.56. The smallest absolute Gasteiger partial charge is 0.416 e. The third-order valence-corrected chi connectivity index (χ3v) is 3.68. The Hall–Kier alpha value is -2.58. The molecule has 0 radical (unpaired) electrons. The van der Waals surface area contributed by atoms with Gasteiger partial charge in [-0.25, -0.2) is 0 Å². The number of hydrogen-bond acceptors (Lipinski definition) is 4. The fourth-order valence-electron chi connectivity index (χ4n) is 2.56. The van der Waals surface area contributed by atoms with E-state index in [4.69, 9.17) is 4.74 Å². The highest BCUT2D eigenvalue weighted by molar-refractivity contribution is 6.00. The number of anilines is 1. The number of alkyl halides is 3. The summed E-state index contributed by atoms with van der Waals surface area (Å²) in [7, 11) is 0. The summed E-state index contributed by atoms with van der Waals surface area (Å²) in [4.78, 5) is 37.2. The molecule has 150 valence electrons. The van der Waals surface area contributed by atoms with Gasteiger partial charge in [0.15, 0.2) is 0 Å². The lowest BCUT2D eigenvalue weighted by Crippen LogP contribution is -2.53. The monoisotopic (exact) mass is 388 g/mol. The van der Waals surface area contributed by atoms with Crippen molar-refractivity contribution in [3.8, 4) is 0 Å². The molecule has 2 amide bonds. The average molecular weight is 388 g/mol. The fraction of sp³-hybridized carbons (Fsp3) is 0.500. The van der Waals surface area contributed by atoms with Crippen molar-refractivity contribution in [2.45, 2.75) is 39.9 Å². The number of amides is 2. The topological polar surface area (TPSA) is 75.7 Å². The SMILES string of the molecule is CCOC(=O)CNC(=O)[C@H](C(C)C)N(C(C)=O)c1cccc(C(F)(F)F)c1. The Morgan fingerprint density at radius 3 is 2.33 bits per heavy atom. The highest BCUT2D eigenvalue weighted by Crippen LogP contribution is 2.32. The van der Waals surface area contributed by atoms with Gasteiger partial charge in [-0.2, -0.15) is 13.2 Å². The molecule has 0 unspecified atom stereocenters. The fourth-order valence-corrected chi connectivity index (χ4v) is 2.56. The predicted octanol–water partition coefficient (Wildman–Crippen LogP) is 2.76. The molecule has 1 atom stereocenters. The van der Waals surface area contributed by atoms with Crippen molar-refractivity contribution in [2.75, 3.05) is 18.1 Å². The number of carbonyl (C=O) groups is 3. The number of rotatable bonds is 7. The summed E-state index contributed by atoms with van der Waals surface area (Å²) in [6.07, 6.45) is -4.59. The minimum Gasteiger partial charge on any atom is -0.465 e. The van der Waals surface area contributed by atoms with Crippen LogP contribution >= 0.6 is 0 Å². The molecule has 0 aliphatic carbocycles. The zero-order valence-electron chi connectivity index (χ0n) is 15.6. The number of carbonyl (C=O) groups excluding carboxylic acids is 3. The third-order valence-electron chi connectivity index (χ3n) is 3.68. The number of hydrogen-bond donors (Lipinski definition) is 1. The molecule has 0 fully saturated rings. The normalized spacial score (nSPS) is 12.4. The third kappa shape index (κ3) is 6.26. The Morgan fingerprint density at radius 2 is 1.85 bits per heavy atom. The predicted molar refractivity (Wildman–Crippen MR) is 92.9 cm³/mol. The Morgan fingerprint density at radius 1 is 1.22 bits per heavy atom. The van der Waals surface area contributed by atoms with Crippen LogP contribution in [0.25, 0.3) is 0 Å². The number of esters is 1. The van der Waals surface area contributed by atoms with E-state index in [9.17, 15) is 27.6 Å². The first-order valence-corrected chi connectivity index (χ1v) is 8.39. The lowest BCUT2D eigenvalue weighted by Gasteiger charge is -2.33. The molecule has 1 N–H and O–H groups in total. The lowest BCUT2D eigenvalue weighted by atomic mass is 10.00. The van der Waals surface area contributed by atoms with Gasteiger partial charge >= 0.3 is 12.1 Å². The molecule has 0 aliphatic heterocycles. The summed E-state index contributed by atoms with van der Waals surface area (Å²) >= 11 is 0. The maximum atomic E-state index is 13.0. The van der Waals surface area contributed by atoms with Gasteiger partial charge in [0.1, 0.15) is 12.6 Å². The molecule has 6 nitrogen and oxygen atoms in total. The van der Waals surface area contributed by atoms with Crippen LogP contribution in [0.5, 0.6) is 0 Å². The molecule has 0 saturated heterocycles. The number of halogens is 3. The Balaban J connectivity index is 3.19. The molecule has 0 spiro atoms. The molecule has 1 aromatic rings. The van der Waals surface area contributed by atoms with Crippen LogP contribution in [0.2, 0.25) is 0 Å². The summed E-state index contributed by atoms with van der Waals surface area (Å²) in [5.74, 6) is -2.34. The summed E-state index contributed by atoms with van der Waals surface area (Å²) in [5, 5.41) is 2.37. The number of ether oxygens (including phenoxy) is 1. The summed E-state index contributed by atoms with van der Waals surface area (Å²) < 4.78 is 43.7. The van der Waals surface area contributed by atoms with Gasteiger partial charge in [-0.05, 0) is 31.0 Å². The molecule has 0 aliphatic rings. The first-order chi connectivity index (χ1) is 12.5. The van der Waals surface area contributed by atoms with E-state index < -0.39 is 48.0 Å². The Kier molecular flexibility index (Phi) is 7.81. The molecule has 0 heterocycles. The van der Waals surface area contributed by atoms with E-state index in [1.165, 1.54) is 12.1 Å². The maximum absolute atomic E-state index is 13.0. The van der Waals surface area contributed by atoms with E-state index in [0.717, 1.165) is 24.0 Å². The van der Waals surface area contributed by atoms with Crippen molar-refractivity contribution in [2.24, 2.45) is 5.92 Å². The minimum absolute atomic E-state index is 0.0534. The number of benzene rings is 1. The molecule has 1 rings (SSSR count). The van der Waals surface area contributed by atoms with Gasteiger partial charge in [-0.3, -0.25) is 19.3 Å². The van der Waals surface area contributed by atoms with Gasteiger partial charge in [0, 0.05) is 12.6 Å². The highest BCUT2D eigenvalue weighted by Gasteiger charge is 2.35. The van der Waals surface area contributed by atoms with Crippen LogP contribution in [0.4, 0.5) is 18.9 Å². The van der Waals surface area contributed by atoms with E-state index in [1.807, 2.05) is 0 Å². The molecule has 1 aromatic carbocycles. The van der Waals surface area contributed by atoms with Crippen molar-refractivity contribution in [3.05, 3.63) is 29.8 Å². The van der Waals surface area contributed by atoms with Crippen LogP contribution in [0.3, 0.4) is 0 Å². The van der Waals surface area contributed by atoms with E-state index in [1.54, 1.807) is 20.8 Å². The largest absolute Gasteiger partial charge is 0.465 e. The second kappa shape index (κ2) is 9.38. The van der Waals surface area contributed by atoms with Gasteiger partial charge in [0.2, 0.25) is 11.8 Å². The molecular formula is C18H23F3N2O4. The van der Waals surface area contributed by atoms with Gasteiger partial charge in [-0.15, -0.1) is 0 Å². The summed E-state index contributed by atoms with van der Waals surface area (Å²) in [5.41, 5.74) is -0.983.